The first-order chi connectivity index (χ1) is 19.1. The van der Waals surface area contributed by atoms with E-state index in [1.54, 1.807) is 0 Å². The van der Waals surface area contributed by atoms with Gasteiger partial charge < -0.3 is 10.1 Å². The van der Waals surface area contributed by atoms with Crippen LogP contribution in [-0.2, 0) is 16.1 Å². The smallest absolute Gasteiger partial charge is 0.308 e. The lowest BCUT2D eigenvalue weighted by atomic mass is 9.86. The maximum atomic E-state index is 13.5. The fraction of sp³-hybridized carbons (Fsp3) is 0.303. The van der Waals surface area contributed by atoms with Gasteiger partial charge in [-0.15, -0.1) is 0 Å². The molecule has 39 heavy (non-hydrogen) atoms. The van der Waals surface area contributed by atoms with Gasteiger partial charge in [-0.25, -0.2) is 0 Å². The summed E-state index contributed by atoms with van der Waals surface area (Å²) in [5.41, 5.74) is 5.66. The van der Waals surface area contributed by atoms with Crippen molar-refractivity contribution >= 4 is 22.8 Å². The molecule has 6 heteroatoms. The Morgan fingerprint density at radius 3 is 2.38 bits per heavy atom. The maximum absolute atomic E-state index is 13.5. The van der Waals surface area contributed by atoms with E-state index in [-0.39, 0.29) is 23.8 Å². The fourth-order valence-corrected chi connectivity index (χ4v) is 5.31. The van der Waals surface area contributed by atoms with Crippen molar-refractivity contribution in [1.29, 1.82) is 0 Å². The third-order valence-electron chi connectivity index (χ3n) is 7.44. The SMILES string of the molecule is CCC#Cc1ccc(C(=O)NC2CCC(C(=O)OC)CC2)c2c1cnn2Cc1ccc(-c2ccccc2)cc1. The summed E-state index contributed by atoms with van der Waals surface area (Å²) in [5.74, 6) is 6.00. The number of hydrogen-bond acceptors (Lipinski definition) is 4. The Hall–Kier alpha value is -4.37. The monoisotopic (exact) mass is 519 g/mol. The molecule has 0 spiro atoms. The molecule has 1 aliphatic carbocycles. The number of benzene rings is 3. The van der Waals surface area contributed by atoms with E-state index in [0.29, 0.717) is 12.1 Å². The standard InChI is InChI=1S/C33H33N3O3/c1-3-4-8-26-17-20-29(32(37)35-28-18-15-27(16-19-28)33(38)39-2)31-30(26)21-34-36(31)22-23-11-13-25(14-12-23)24-9-6-5-7-10-24/h5-7,9-14,17,20-21,27-28H,3,15-16,18-19,22H2,1-2H3,(H,35,37). The number of esters is 1. The van der Waals surface area contributed by atoms with Gasteiger partial charge in [-0.1, -0.05) is 73.4 Å². The van der Waals surface area contributed by atoms with Crippen LogP contribution in [0.2, 0.25) is 0 Å². The second-order valence-corrected chi connectivity index (χ2v) is 9.99. The van der Waals surface area contributed by atoms with Gasteiger partial charge in [0.15, 0.2) is 0 Å². The van der Waals surface area contributed by atoms with Crippen LogP contribution < -0.4 is 5.32 Å². The highest BCUT2D eigenvalue weighted by Crippen LogP contribution is 2.28. The van der Waals surface area contributed by atoms with Gasteiger partial charge >= 0.3 is 5.97 Å². The number of methoxy groups -OCH3 is 1. The number of carbonyl (C=O) groups is 2. The van der Waals surface area contributed by atoms with Crippen molar-refractivity contribution in [2.45, 2.75) is 51.6 Å². The predicted octanol–water partition coefficient (Wildman–Crippen LogP) is 5.97. The van der Waals surface area contributed by atoms with E-state index in [0.717, 1.165) is 59.7 Å². The van der Waals surface area contributed by atoms with Gasteiger partial charge in [0.25, 0.3) is 5.91 Å². The highest BCUT2D eigenvalue weighted by Gasteiger charge is 2.28. The molecule has 0 aliphatic heterocycles. The van der Waals surface area contributed by atoms with Crippen LogP contribution in [0, 0.1) is 17.8 Å². The molecule has 1 saturated carbocycles. The van der Waals surface area contributed by atoms with Crippen molar-refractivity contribution in [3.05, 3.63) is 89.6 Å². The number of hydrogen-bond donors (Lipinski definition) is 1. The maximum Gasteiger partial charge on any atom is 0.308 e. The number of fused-ring (bicyclic) bond motifs is 1. The molecule has 1 heterocycles. The molecule has 3 aromatic carbocycles. The molecule has 1 fully saturated rings. The number of nitrogens with one attached hydrogen (secondary N) is 1. The van der Waals surface area contributed by atoms with Gasteiger partial charge in [0.05, 0.1) is 36.8 Å². The zero-order chi connectivity index (χ0) is 27.2. The minimum absolute atomic E-state index is 0.0231. The van der Waals surface area contributed by atoms with E-state index in [1.807, 2.05) is 48.1 Å². The summed E-state index contributed by atoms with van der Waals surface area (Å²) in [5, 5.41) is 8.77. The summed E-state index contributed by atoms with van der Waals surface area (Å²) in [4.78, 5) is 25.4. The van der Waals surface area contributed by atoms with E-state index in [4.69, 9.17) is 4.74 Å². The molecule has 1 N–H and O–H groups in total. The van der Waals surface area contributed by atoms with E-state index < -0.39 is 0 Å². The zero-order valence-corrected chi connectivity index (χ0v) is 22.4. The largest absolute Gasteiger partial charge is 0.469 e. The summed E-state index contributed by atoms with van der Waals surface area (Å²) in [7, 11) is 1.43. The minimum Gasteiger partial charge on any atom is -0.469 e. The van der Waals surface area contributed by atoms with Gasteiger partial charge in [0.1, 0.15) is 0 Å². The van der Waals surface area contributed by atoms with Crippen molar-refractivity contribution in [3.8, 4) is 23.0 Å². The van der Waals surface area contributed by atoms with E-state index in [2.05, 4.69) is 58.7 Å². The first kappa shape index (κ1) is 26.2. The molecule has 0 radical (unpaired) electrons. The lowest BCUT2D eigenvalue weighted by Crippen LogP contribution is -2.39. The van der Waals surface area contributed by atoms with Crippen LogP contribution in [-0.4, -0.2) is 34.8 Å². The number of rotatable bonds is 6. The van der Waals surface area contributed by atoms with Crippen LogP contribution in [0.5, 0.6) is 0 Å². The quantitative estimate of drug-likeness (QED) is 0.251. The van der Waals surface area contributed by atoms with Crippen LogP contribution in [0.1, 0.15) is 60.5 Å². The van der Waals surface area contributed by atoms with Gasteiger partial charge in [-0.2, -0.15) is 5.10 Å². The molecule has 1 amide bonds. The van der Waals surface area contributed by atoms with Crippen molar-refractivity contribution < 1.29 is 14.3 Å². The molecule has 198 valence electrons. The number of aromatic nitrogens is 2. The molecule has 5 rings (SSSR count). The molecule has 6 nitrogen and oxygen atoms in total. The summed E-state index contributed by atoms with van der Waals surface area (Å²) >= 11 is 0. The van der Waals surface area contributed by atoms with Crippen LogP contribution in [0.25, 0.3) is 22.0 Å². The molecule has 0 unspecified atom stereocenters. The van der Waals surface area contributed by atoms with Crippen LogP contribution in [0.15, 0.2) is 72.9 Å². The highest BCUT2D eigenvalue weighted by molar-refractivity contribution is 6.07. The number of amides is 1. The fourth-order valence-electron chi connectivity index (χ4n) is 5.31. The summed E-state index contributed by atoms with van der Waals surface area (Å²) in [6, 6.07) is 22.5. The summed E-state index contributed by atoms with van der Waals surface area (Å²) < 4.78 is 6.79. The minimum atomic E-state index is -0.161. The Kier molecular flexibility index (Phi) is 8.07. The Bertz CT molecular complexity index is 1520. The van der Waals surface area contributed by atoms with Crippen LogP contribution in [0.4, 0.5) is 0 Å². The molecule has 1 aromatic heterocycles. The molecule has 0 atom stereocenters. The molecule has 1 aliphatic rings. The normalized spacial score (nSPS) is 16.8. The van der Waals surface area contributed by atoms with Crippen LogP contribution >= 0.6 is 0 Å². The molecule has 0 saturated heterocycles. The van der Waals surface area contributed by atoms with Crippen molar-refractivity contribution in [2.24, 2.45) is 5.92 Å². The molecular weight excluding hydrogens is 486 g/mol. The average molecular weight is 520 g/mol. The number of carbonyl (C=O) groups excluding carboxylic acids is 2. The topological polar surface area (TPSA) is 73.2 Å². The molecular formula is C33H33N3O3. The van der Waals surface area contributed by atoms with Crippen molar-refractivity contribution in [1.82, 2.24) is 15.1 Å². The Balaban J connectivity index is 1.41. The first-order valence-corrected chi connectivity index (χ1v) is 13.6. The lowest BCUT2D eigenvalue weighted by molar-refractivity contribution is -0.146. The summed E-state index contributed by atoms with van der Waals surface area (Å²) in [6.45, 7) is 2.55. The zero-order valence-electron chi connectivity index (χ0n) is 22.4. The Morgan fingerprint density at radius 1 is 0.974 bits per heavy atom. The lowest BCUT2D eigenvalue weighted by Gasteiger charge is -2.27. The third kappa shape index (κ3) is 5.88. The second-order valence-electron chi connectivity index (χ2n) is 9.99. The third-order valence-corrected chi connectivity index (χ3v) is 7.44. The number of ether oxygens (including phenoxy) is 1. The Labute approximate surface area is 229 Å². The highest BCUT2D eigenvalue weighted by atomic mass is 16.5. The van der Waals surface area contributed by atoms with Gasteiger partial charge in [0.2, 0.25) is 0 Å². The van der Waals surface area contributed by atoms with Crippen molar-refractivity contribution in [3.63, 3.8) is 0 Å². The Morgan fingerprint density at radius 2 is 1.69 bits per heavy atom. The number of nitrogens with zero attached hydrogens (tertiary/aromatic N) is 2. The van der Waals surface area contributed by atoms with E-state index in [9.17, 15) is 9.59 Å². The average Bonchev–Trinajstić information content (AvgIpc) is 3.40. The summed E-state index contributed by atoms with van der Waals surface area (Å²) in [6.07, 6.45) is 5.50. The van der Waals surface area contributed by atoms with Gasteiger partial charge in [0, 0.05) is 23.4 Å². The molecule has 4 aromatic rings. The van der Waals surface area contributed by atoms with Crippen LogP contribution in [0.3, 0.4) is 0 Å². The molecule has 0 bridgehead atoms. The van der Waals surface area contributed by atoms with Crippen molar-refractivity contribution in [2.75, 3.05) is 7.11 Å². The van der Waals surface area contributed by atoms with E-state index >= 15 is 0 Å². The predicted molar refractivity (Wildman–Crippen MR) is 153 cm³/mol. The first-order valence-electron chi connectivity index (χ1n) is 13.6. The van der Waals surface area contributed by atoms with Gasteiger partial charge in [-0.3, -0.25) is 14.3 Å². The second kappa shape index (κ2) is 12.0. The van der Waals surface area contributed by atoms with E-state index in [1.165, 1.54) is 12.7 Å². The van der Waals surface area contributed by atoms with Gasteiger partial charge in [-0.05, 0) is 54.5 Å².